The van der Waals surface area contributed by atoms with E-state index in [0.717, 1.165) is 12.0 Å². The van der Waals surface area contributed by atoms with Gasteiger partial charge in [-0.2, -0.15) is 0 Å². The fourth-order valence-corrected chi connectivity index (χ4v) is 2.20. The molecule has 0 aliphatic heterocycles. The van der Waals surface area contributed by atoms with Gasteiger partial charge >= 0.3 is 0 Å². The minimum atomic E-state index is -0.312. The third kappa shape index (κ3) is 3.67. The first-order chi connectivity index (χ1) is 10.2. The standard InChI is InChI=1S/C17H19FN2O/c1-2-20(16-9-7-15(18)8-10-16)17(21)14-5-3-13(4-6-14)11-12-19/h3-10H,2,11-12,19H2,1H3. The molecule has 21 heavy (non-hydrogen) atoms. The molecule has 1 amide bonds. The van der Waals surface area contributed by atoms with E-state index in [0.29, 0.717) is 24.3 Å². The maximum atomic E-state index is 13.0. The summed E-state index contributed by atoms with van der Waals surface area (Å²) in [5, 5.41) is 0. The van der Waals surface area contributed by atoms with Gasteiger partial charge in [-0.1, -0.05) is 12.1 Å². The summed E-state index contributed by atoms with van der Waals surface area (Å²) in [6.07, 6.45) is 0.796. The zero-order chi connectivity index (χ0) is 15.2. The first-order valence-electron chi connectivity index (χ1n) is 7.02. The Morgan fingerprint density at radius 3 is 2.24 bits per heavy atom. The molecule has 0 fully saturated rings. The Morgan fingerprint density at radius 2 is 1.71 bits per heavy atom. The van der Waals surface area contributed by atoms with Crippen LogP contribution in [0.4, 0.5) is 10.1 Å². The summed E-state index contributed by atoms with van der Waals surface area (Å²) in [6.45, 7) is 3.00. The van der Waals surface area contributed by atoms with E-state index in [1.54, 1.807) is 29.2 Å². The Morgan fingerprint density at radius 1 is 1.10 bits per heavy atom. The van der Waals surface area contributed by atoms with Crippen molar-refractivity contribution in [2.75, 3.05) is 18.0 Å². The number of anilines is 1. The lowest BCUT2D eigenvalue weighted by atomic mass is 10.1. The lowest BCUT2D eigenvalue weighted by molar-refractivity contribution is 0.0988. The molecule has 2 rings (SSSR count). The van der Waals surface area contributed by atoms with Gasteiger partial charge in [0.25, 0.3) is 5.91 Å². The second-order valence-electron chi connectivity index (χ2n) is 4.76. The molecule has 0 heterocycles. The number of amides is 1. The van der Waals surface area contributed by atoms with E-state index >= 15 is 0 Å². The summed E-state index contributed by atoms with van der Waals surface area (Å²) in [5.74, 6) is -0.406. The predicted octanol–water partition coefficient (Wildman–Crippen LogP) is 2.99. The maximum absolute atomic E-state index is 13.0. The monoisotopic (exact) mass is 286 g/mol. The average molecular weight is 286 g/mol. The SMILES string of the molecule is CCN(C(=O)c1ccc(CCN)cc1)c1ccc(F)cc1. The number of hydrogen-bond donors (Lipinski definition) is 1. The number of nitrogens with two attached hydrogens (primary N) is 1. The Kier molecular flexibility index (Phi) is 5.06. The van der Waals surface area contributed by atoms with Crippen LogP contribution in [0.5, 0.6) is 0 Å². The van der Waals surface area contributed by atoms with Crippen LogP contribution >= 0.6 is 0 Å². The number of carbonyl (C=O) groups excluding carboxylic acids is 1. The summed E-state index contributed by atoms with van der Waals surface area (Å²) in [6, 6.07) is 13.4. The largest absolute Gasteiger partial charge is 0.330 e. The van der Waals surface area contributed by atoms with Crippen molar-refractivity contribution in [1.82, 2.24) is 0 Å². The Bertz CT molecular complexity index is 593. The molecular weight excluding hydrogens is 267 g/mol. The molecule has 0 aromatic heterocycles. The molecule has 2 aromatic carbocycles. The Hall–Kier alpha value is -2.20. The van der Waals surface area contributed by atoms with Crippen molar-refractivity contribution < 1.29 is 9.18 Å². The molecule has 0 unspecified atom stereocenters. The first kappa shape index (κ1) is 15.2. The maximum Gasteiger partial charge on any atom is 0.258 e. The number of rotatable bonds is 5. The fourth-order valence-electron chi connectivity index (χ4n) is 2.20. The van der Waals surface area contributed by atoms with E-state index in [2.05, 4.69) is 0 Å². The highest BCUT2D eigenvalue weighted by molar-refractivity contribution is 6.06. The topological polar surface area (TPSA) is 46.3 Å². The van der Waals surface area contributed by atoms with Gasteiger partial charge in [-0.25, -0.2) is 4.39 Å². The summed E-state index contributed by atoms with van der Waals surface area (Å²) in [4.78, 5) is 14.2. The molecule has 3 nitrogen and oxygen atoms in total. The van der Waals surface area contributed by atoms with Gasteiger partial charge in [-0.05, 0) is 61.9 Å². The number of halogens is 1. The van der Waals surface area contributed by atoms with Crippen molar-refractivity contribution in [3.63, 3.8) is 0 Å². The average Bonchev–Trinajstić information content (AvgIpc) is 2.51. The lowest BCUT2D eigenvalue weighted by Crippen LogP contribution is -2.30. The molecule has 2 aromatic rings. The molecule has 0 aliphatic carbocycles. The zero-order valence-corrected chi connectivity index (χ0v) is 12.1. The van der Waals surface area contributed by atoms with Gasteiger partial charge < -0.3 is 10.6 Å². The number of benzene rings is 2. The molecule has 0 radical (unpaired) electrons. The third-order valence-electron chi connectivity index (χ3n) is 3.33. The molecular formula is C17H19FN2O. The minimum Gasteiger partial charge on any atom is -0.330 e. The van der Waals surface area contributed by atoms with E-state index in [9.17, 15) is 9.18 Å². The highest BCUT2D eigenvalue weighted by Crippen LogP contribution is 2.18. The highest BCUT2D eigenvalue weighted by atomic mass is 19.1. The van der Waals surface area contributed by atoms with Gasteiger partial charge in [0.2, 0.25) is 0 Å². The smallest absolute Gasteiger partial charge is 0.258 e. The van der Waals surface area contributed by atoms with Crippen LogP contribution in [0.15, 0.2) is 48.5 Å². The van der Waals surface area contributed by atoms with Crippen LogP contribution in [0.1, 0.15) is 22.8 Å². The number of carbonyl (C=O) groups is 1. The summed E-state index contributed by atoms with van der Waals surface area (Å²) >= 11 is 0. The molecule has 0 bridgehead atoms. The summed E-state index contributed by atoms with van der Waals surface area (Å²) in [7, 11) is 0. The Labute approximate surface area is 124 Å². The number of nitrogens with zero attached hydrogens (tertiary/aromatic N) is 1. The third-order valence-corrected chi connectivity index (χ3v) is 3.33. The van der Waals surface area contributed by atoms with Crippen LogP contribution in [0.2, 0.25) is 0 Å². The predicted molar refractivity (Wildman–Crippen MR) is 83.0 cm³/mol. The molecule has 2 N–H and O–H groups in total. The van der Waals surface area contributed by atoms with Gasteiger partial charge in [0, 0.05) is 17.8 Å². The lowest BCUT2D eigenvalue weighted by Gasteiger charge is -2.21. The van der Waals surface area contributed by atoms with E-state index in [4.69, 9.17) is 5.73 Å². The van der Waals surface area contributed by atoms with Crippen LogP contribution in [0, 0.1) is 5.82 Å². The molecule has 0 saturated heterocycles. The molecule has 0 atom stereocenters. The molecule has 0 saturated carbocycles. The van der Waals surface area contributed by atoms with Crippen LogP contribution in [0.3, 0.4) is 0 Å². The van der Waals surface area contributed by atoms with Crippen molar-refractivity contribution in [2.24, 2.45) is 5.73 Å². The van der Waals surface area contributed by atoms with Crippen molar-refractivity contribution in [3.05, 3.63) is 65.5 Å². The van der Waals surface area contributed by atoms with Gasteiger partial charge in [0.15, 0.2) is 0 Å². The van der Waals surface area contributed by atoms with Crippen LogP contribution in [-0.4, -0.2) is 19.0 Å². The number of hydrogen-bond acceptors (Lipinski definition) is 2. The fraction of sp³-hybridized carbons (Fsp3) is 0.235. The summed E-state index contributed by atoms with van der Waals surface area (Å²) < 4.78 is 13.0. The molecule has 0 spiro atoms. The van der Waals surface area contributed by atoms with E-state index in [1.807, 2.05) is 19.1 Å². The normalized spacial score (nSPS) is 10.4. The van der Waals surface area contributed by atoms with E-state index in [-0.39, 0.29) is 11.7 Å². The second-order valence-corrected chi connectivity index (χ2v) is 4.76. The second kappa shape index (κ2) is 6.99. The van der Waals surface area contributed by atoms with Gasteiger partial charge in [0.05, 0.1) is 0 Å². The zero-order valence-electron chi connectivity index (χ0n) is 12.1. The quantitative estimate of drug-likeness (QED) is 0.918. The van der Waals surface area contributed by atoms with Crippen molar-refractivity contribution >= 4 is 11.6 Å². The van der Waals surface area contributed by atoms with E-state index < -0.39 is 0 Å². The van der Waals surface area contributed by atoms with Crippen LogP contribution in [0.25, 0.3) is 0 Å². The molecule has 4 heteroatoms. The van der Waals surface area contributed by atoms with Crippen LogP contribution in [-0.2, 0) is 6.42 Å². The van der Waals surface area contributed by atoms with Crippen LogP contribution < -0.4 is 10.6 Å². The summed E-state index contributed by atoms with van der Waals surface area (Å²) in [5.41, 5.74) is 7.92. The van der Waals surface area contributed by atoms with Gasteiger partial charge in [-0.3, -0.25) is 4.79 Å². The minimum absolute atomic E-state index is 0.0941. The first-order valence-corrected chi connectivity index (χ1v) is 7.02. The van der Waals surface area contributed by atoms with Gasteiger partial charge in [0.1, 0.15) is 5.82 Å². The van der Waals surface area contributed by atoms with Crippen molar-refractivity contribution in [3.8, 4) is 0 Å². The van der Waals surface area contributed by atoms with Crippen molar-refractivity contribution in [2.45, 2.75) is 13.3 Å². The molecule has 110 valence electrons. The van der Waals surface area contributed by atoms with Crippen molar-refractivity contribution in [1.29, 1.82) is 0 Å². The van der Waals surface area contributed by atoms with E-state index in [1.165, 1.54) is 12.1 Å². The Balaban J connectivity index is 2.21. The molecule has 0 aliphatic rings. The highest BCUT2D eigenvalue weighted by Gasteiger charge is 2.15. The van der Waals surface area contributed by atoms with Gasteiger partial charge in [-0.15, -0.1) is 0 Å².